The second-order valence-corrected chi connectivity index (χ2v) is 8.38. The summed E-state index contributed by atoms with van der Waals surface area (Å²) >= 11 is 1.67. The molecule has 27 heavy (non-hydrogen) atoms. The number of anilines is 1. The molecule has 7 heteroatoms. The van der Waals surface area contributed by atoms with Crippen molar-refractivity contribution in [2.45, 2.75) is 44.6 Å². The van der Waals surface area contributed by atoms with E-state index in [4.69, 9.17) is 5.11 Å². The largest absolute Gasteiger partial charge is 0.481 e. The zero-order chi connectivity index (χ0) is 19.2. The number of amides is 2. The number of carbonyl (C=O) groups excluding carboxylic acids is 2. The number of rotatable bonds is 5. The minimum Gasteiger partial charge on any atom is -0.481 e. The summed E-state index contributed by atoms with van der Waals surface area (Å²) in [6, 6.07) is 6.67. The van der Waals surface area contributed by atoms with Gasteiger partial charge in [0.1, 0.15) is 0 Å². The number of benzene rings is 1. The fourth-order valence-electron chi connectivity index (χ4n) is 3.80. The lowest BCUT2D eigenvalue weighted by atomic mass is 9.88. The Bertz CT molecular complexity index is 703. The van der Waals surface area contributed by atoms with E-state index in [1.54, 1.807) is 40.9 Å². The van der Waals surface area contributed by atoms with Crippen molar-refractivity contribution in [3.8, 4) is 0 Å². The van der Waals surface area contributed by atoms with Gasteiger partial charge >= 0.3 is 5.97 Å². The highest BCUT2D eigenvalue weighted by Gasteiger charge is 2.29. The van der Waals surface area contributed by atoms with Gasteiger partial charge in [0, 0.05) is 35.2 Å². The Morgan fingerprint density at radius 2 is 1.96 bits per heavy atom. The van der Waals surface area contributed by atoms with Crippen molar-refractivity contribution >= 4 is 35.2 Å². The van der Waals surface area contributed by atoms with E-state index in [1.165, 1.54) is 6.42 Å². The molecule has 0 radical (unpaired) electrons. The molecule has 2 aliphatic rings. The highest BCUT2D eigenvalue weighted by atomic mass is 32.2. The van der Waals surface area contributed by atoms with Gasteiger partial charge in [0.2, 0.25) is 5.91 Å². The van der Waals surface area contributed by atoms with Gasteiger partial charge in [0.05, 0.1) is 12.5 Å². The molecular weight excluding hydrogens is 364 g/mol. The van der Waals surface area contributed by atoms with Crippen molar-refractivity contribution in [2.75, 3.05) is 23.4 Å². The fourth-order valence-corrected chi connectivity index (χ4v) is 4.86. The maximum Gasteiger partial charge on any atom is 0.305 e. The summed E-state index contributed by atoms with van der Waals surface area (Å²) in [4.78, 5) is 38.2. The summed E-state index contributed by atoms with van der Waals surface area (Å²) in [5.41, 5.74) is 1.11. The Labute approximate surface area is 163 Å². The van der Waals surface area contributed by atoms with Crippen LogP contribution in [-0.4, -0.2) is 51.9 Å². The van der Waals surface area contributed by atoms with Crippen LogP contribution < -0.4 is 5.32 Å². The Morgan fingerprint density at radius 3 is 2.70 bits per heavy atom. The molecule has 6 nitrogen and oxygen atoms in total. The third-order valence-corrected chi connectivity index (χ3v) is 6.34. The zero-order valence-corrected chi connectivity index (χ0v) is 16.2. The van der Waals surface area contributed by atoms with E-state index in [1.807, 2.05) is 0 Å². The van der Waals surface area contributed by atoms with Gasteiger partial charge in [-0.05, 0) is 31.0 Å². The first kappa shape index (κ1) is 19.7. The van der Waals surface area contributed by atoms with Gasteiger partial charge in [-0.3, -0.25) is 14.4 Å². The summed E-state index contributed by atoms with van der Waals surface area (Å²) in [5, 5.41) is 12.1. The third kappa shape index (κ3) is 5.25. The maximum atomic E-state index is 12.9. The zero-order valence-electron chi connectivity index (χ0n) is 15.4. The lowest BCUT2D eigenvalue weighted by Gasteiger charge is -2.34. The SMILES string of the molecule is O=C(O)CC1CSCCN1C(=O)c1cccc(NC(=O)C2CCCCC2)c1. The van der Waals surface area contributed by atoms with Crippen molar-refractivity contribution in [3.05, 3.63) is 29.8 Å². The predicted molar refractivity (Wildman–Crippen MR) is 106 cm³/mol. The number of carboxylic acid groups (broad SMARTS) is 1. The highest BCUT2D eigenvalue weighted by molar-refractivity contribution is 7.99. The minimum absolute atomic E-state index is 0.0254. The van der Waals surface area contributed by atoms with E-state index in [2.05, 4.69) is 5.32 Å². The second kappa shape index (κ2) is 9.26. The predicted octanol–water partition coefficient (Wildman–Crippen LogP) is 3.24. The molecular formula is C20H26N2O4S. The second-order valence-electron chi connectivity index (χ2n) is 7.23. The van der Waals surface area contributed by atoms with Gasteiger partial charge in [-0.1, -0.05) is 25.3 Å². The normalized spacial score (nSPS) is 20.9. The van der Waals surface area contributed by atoms with E-state index in [0.717, 1.165) is 31.4 Å². The fraction of sp³-hybridized carbons (Fsp3) is 0.550. The van der Waals surface area contributed by atoms with Gasteiger partial charge in [0.15, 0.2) is 0 Å². The Hall–Kier alpha value is -2.02. The Balaban J connectivity index is 1.69. The number of carboxylic acids is 1. The number of carbonyl (C=O) groups is 3. The van der Waals surface area contributed by atoms with E-state index in [0.29, 0.717) is 23.5 Å². The molecule has 1 unspecified atom stereocenters. The Kier molecular flexibility index (Phi) is 6.77. The highest BCUT2D eigenvalue weighted by Crippen LogP contribution is 2.26. The van der Waals surface area contributed by atoms with E-state index < -0.39 is 5.97 Å². The van der Waals surface area contributed by atoms with Crippen LogP contribution in [0.1, 0.15) is 48.9 Å². The molecule has 1 aliphatic heterocycles. The number of thioether (sulfide) groups is 1. The lowest BCUT2D eigenvalue weighted by molar-refractivity contribution is -0.138. The summed E-state index contributed by atoms with van der Waals surface area (Å²) in [6.07, 6.45) is 5.18. The molecule has 1 saturated carbocycles. The number of nitrogens with one attached hydrogen (secondary N) is 1. The van der Waals surface area contributed by atoms with E-state index in [9.17, 15) is 14.4 Å². The van der Waals surface area contributed by atoms with E-state index in [-0.39, 0.29) is 30.2 Å². The van der Waals surface area contributed by atoms with Crippen LogP contribution in [0.2, 0.25) is 0 Å². The lowest BCUT2D eigenvalue weighted by Crippen LogP contribution is -2.47. The summed E-state index contributed by atoms with van der Waals surface area (Å²) in [5.74, 6) is 0.453. The van der Waals surface area contributed by atoms with Crippen molar-refractivity contribution in [1.29, 1.82) is 0 Å². The van der Waals surface area contributed by atoms with Crippen LogP contribution in [0, 0.1) is 5.92 Å². The molecule has 0 aromatic heterocycles. The van der Waals surface area contributed by atoms with Crippen LogP contribution in [0.15, 0.2) is 24.3 Å². The monoisotopic (exact) mass is 390 g/mol. The first-order valence-corrected chi connectivity index (χ1v) is 10.7. The molecule has 0 spiro atoms. The average Bonchev–Trinajstić information content (AvgIpc) is 2.68. The standard InChI is InChI=1S/C20H26N2O4S/c23-18(24)12-17-13-27-10-9-22(17)20(26)15-7-4-8-16(11-15)21-19(25)14-5-2-1-3-6-14/h4,7-8,11,14,17H,1-3,5-6,9-10,12-13H2,(H,21,25)(H,23,24). The number of hydrogen-bond acceptors (Lipinski definition) is 4. The van der Waals surface area contributed by atoms with Crippen molar-refractivity contribution in [1.82, 2.24) is 4.90 Å². The third-order valence-electron chi connectivity index (χ3n) is 5.25. The molecule has 146 valence electrons. The van der Waals surface area contributed by atoms with Crippen LogP contribution in [0.4, 0.5) is 5.69 Å². The number of nitrogens with zero attached hydrogens (tertiary/aromatic N) is 1. The van der Waals surface area contributed by atoms with Crippen molar-refractivity contribution in [2.24, 2.45) is 5.92 Å². The molecule has 1 aromatic rings. The molecule has 2 fully saturated rings. The molecule has 1 atom stereocenters. The van der Waals surface area contributed by atoms with Crippen molar-refractivity contribution in [3.63, 3.8) is 0 Å². The Morgan fingerprint density at radius 1 is 1.19 bits per heavy atom. The molecule has 3 rings (SSSR count). The van der Waals surface area contributed by atoms with Gasteiger partial charge in [0.25, 0.3) is 5.91 Å². The van der Waals surface area contributed by atoms with Crippen LogP contribution in [0.25, 0.3) is 0 Å². The van der Waals surface area contributed by atoms with Crippen LogP contribution in [-0.2, 0) is 9.59 Å². The molecule has 1 saturated heterocycles. The van der Waals surface area contributed by atoms with Crippen LogP contribution in [0.3, 0.4) is 0 Å². The van der Waals surface area contributed by atoms with Crippen LogP contribution >= 0.6 is 11.8 Å². The topological polar surface area (TPSA) is 86.7 Å². The first-order chi connectivity index (χ1) is 13.0. The molecule has 1 aromatic carbocycles. The number of hydrogen-bond donors (Lipinski definition) is 2. The van der Waals surface area contributed by atoms with Gasteiger partial charge < -0.3 is 15.3 Å². The molecule has 1 aliphatic carbocycles. The quantitative estimate of drug-likeness (QED) is 0.806. The average molecular weight is 391 g/mol. The molecule has 1 heterocycles. The molecule has 2 N–H and O–H groups in total. The summed E-state index contributed by atoms with van der Waals surface area (Å²) in [7, 11) is 0. The van der Waals surface area contributed by atoms with Gasteiger partial charge in [-0.15, -0.1) is 0 Å². The minimum atomic E-state index is -0.895. The van der Waals surface area contributed by atoms with Gasteiger partial charge in [-0.2, -0.15) is 11.8 Å². The van der Waals surface area contributed by atoms with Crippen molar-refractivity contribution < 1.29 is 19.5 Å². The number of aliphatic carboxylic acids is 1. The molecule has 2 amide bonds. The first-order valence-electron chi connectivity index (χ1n) is 9.56. The maximum absolute atomic E-state index is 12.9. The summed E-state index contributed by atoms with van der Waals surface area (Å²) in [6.45, 7) is 0.542. The van der Waals surface area contributed by atoms with Crippen LogP contribution in [0.5, 0.6) is 0 Å². The van der Waals surface area contributed by atoms with Gasteiger partial charge in [-0.25, -0.2) is 0 Å². The smallest absolute Gasteiger partial charge is 0.305 e. The molecule has 0 bridgehead atoms. The summed E-state index contributed by atoms with van der Waals surface area (Å²) < 4.78 is 0. The van der Waals surface area contributed by atoms with E-state index >= 15 is 0 Å².